The molecule has 1 unspecified atom stereocenters. The fourth-order valence-corrected chi connectivity index (χ4v) is 3.45. The van der Waals surface area contributed by atoms with Gasteiger partial charge in [-0.2, -0.15) is 11.8 Å². The third-order valence-electron chi connectivity index (χ3n) is 3.36. The van der Waals surface area contributed by atoms with Crippen LogP contribution in [-0.2, 0) is 11.2 Å². The molecule has 0 spiro atoms. The van der Waals surface area contributed by atoms with Crippen LogP contribution >= 0.6 is 11.8 Å². The first-order chi connectivity index (χ1) is 8.66. The van der Waals surface area contributed by atoms with Crippen LogP contribution in [0.4, 0.5) is 0 Å². The summed E-state index contributed by atoms with van der Waals surface area (Å²) in [5.74, 6) is 2.86. The topological polar surface area (TPSA) is 33.5 Å². The summed E-state index contributed by atoms with van der Waals surface area (Å²) >= 11 is 2.00. The van der Waals surface area contributed by atoms with Gasteiger partial charge in [-0.25, -0.2) is 0 Å². The number of rotatable bonds is 4. The van der Waals surface area contributed by atoms with Gasteiger partial charge in [0.2, 0.25) is 5.91 Å². The molecule has 1 aromatic rings. The van der Waals surface area contributed by atoms with E-state index in [9.17, 15) is 4.79 Å². The van der Waals surface area contributed by atoms with Gasteiger partial charge < -0.3 is 9.32 Å². The molecule has 1 aliphatic rings. The highest BCUT2D eigenvalue weighted by Gasteiger charge is 2.25. The Morgan fingerprint density at radius 3 is 3.11 bits per heavy atom. The van der Waals surface area contributed by atoms with Gasteiger partial charge in [0.15, 0.2) is 0 Å². The Bertz CT molecular complexity index is 375. The molecule has 1 aliphatic heterocycles. The second-order valence-electron chi connectivity index (χ2n) is 5.07. The average molecular weight is 267 g/mol. The third-order valence-corrected chi connectivity index (χ3v) is 4.89. The molecular formula is C14H21NO2S. The molecule has 0 radical (unpaired) electrons. The molecule has 1 amide bonds. The molecule has 0 saturated carbocycles. The summed E-state index contributed by atoms with van der Waals surface area (Å²) in [5, 5.41) is 0.589. The highest BCUT2D eigenvalue weighted by molar-refractivity contribution is 8.00. The smallest absolute Gasteiger partial charge is 0.223 e. The minimum atomic E-state index is 0.261. The van der Waals surface area contributed by atoms with Crippen LogP contribution in [0.2, 0.25) is 0 Å². The highest BCUT2D eigenvalue weighted by Crippen LogP contribution is 2.25. The van der Waals surface area contributed by atoms with Crippen LogP contribution in [0.3, 0.4) is 0 Å². The first-order valence-corrected chi connectivity index (χ1v) is 7.63. The molecule has 100 valence electrons. The van der Waals surface area contributed by atoms with Gasteiger partial charge in [-0.1, -0.05) is 13.8 Å². The van der Waals surface area contributed by atoms with Crippen molar-refractivity contribution in [3.63, 3.8) is 0 Å². The van der Waals surface area contributed by atoms with E-state index in [4.69, 9.17) is 4.42 Å². The fourth-order valence-electron chi connectivity index (χ4n) is 2.15. The number of hydrogen-bond donors (Lipinski definition) is 0. The Balaban J connectivity index is 1.81. The lowest BCUT2D eigenvalue weighted by Crippen LogP contribution is -2.43. The van der Waals surface area contributed by atoms with Crippen LogP contribution in [0.15, 0.2) is 22.8 Å². The molecule has 0 aromatic carbocycles. The Kier molecular flexibility index (Phi) is 4.75. The van der Waals surface area contributed by atoms with Crippen LogP contribution < -0.4 is 0 Å². The lowest BCUT2D eigenvalue weighted by Gasteiger charge is -2.34. The van der Waals surface area contributed by atoms with Crippen LogP contribution in [-0.4, -0.2) is 34.9 Å². The first-order valence-electron chi connectivity index (χ1n) is 6.58. The van der Waals surface area contributed by atoms with Crippen molar-refractivity contribution in [3.05, 3.63) is 24.2 Å². The van der Waals surface area contributed by atoms with E-state index in [2.05, 4.69) is 13.8 Å². The van der Waals surface area contributed by atoms with Crippen molar-refractivity contribution in [2.75, 3.05) is 18.8 Å². The maximum atomic E-state index is 12.1. The second kappa shape index (κ2) is 6.32. The van der Waals surface area contributed by atoms with Gasteiger partial charge >= 0.3 is 0 Å². The molecule has 2 rings (SSSR count). The molecule has 4 heteroatoms. The zero-order chi connectivity index (χ0) is 13.0. The number of furan rings is 1. The largest absolute Gasteiger partial charge is 0.469 e. The predicted molar refractivity (Wildman–Crippen MR) is 74.7 cm³/mol. The van der Waals surface area contributed by atoms with Crippen LogP contribution in [0.5, 0.6) is 0 Å². The van der Waals surface area contributed by atoms with Crippen LogP contribution in [0, 0.1) is 5.92 Å². The lowest BCUT2D eigenvalue weighted by molar-refractivity contribution is -0.131. The van der Waals surface area contributed by atoms with E-state index in [0.29, 0.717) is 24.0 Å². The second-order valence-corrected chi connectivity index (χ2v) is 6.42. The minimum Gasteiger partial charge on any atom is -0.469 e. The van der Waals surface area contributed by atoms with Gasteiger partial charge in [0.25, 0.3) is 0 Å². The van der Waals surface area contributed by atoms with Gasteiger partial charge in [-0.05, 0) is 18.1 Å². The van der Waals surface area contributed by atoms with Crippen LogP contribution in [0.1, 0.15) is 26.0 Å². The summed E-state index contributed by atoms with van der Waals surface area (Å²) < 4.78 is 5.26. The van der Waals surface area contributed by atoms with Gasteiger partial charge in [-0.3, -0.25) is 4.79 Å². The summed E-state index contributed by atoms with van der Waals surface area (Å²) in [6.07, 6.45) is 2.93. The molecular weight excluding hydrogens is 246 g/mol. The van der Waals surface area contributed by atoms with Gasteiger partial charge in [0.1, 0.15) is 5.76 Å². The zero-order valence-corrected chi connectivity index (χ0v) is 11.9. The van der Waals surface area contributed by atoms with Gasteiger partial charge in [-0.15, -0.1) is 0 Å². The van der Waals surface area contributed by atoms with Crippen molar-refractivity contribution in [2.24, 2.45) is 5.92 Å². The van der Waals surface area contributed by atoms with Crippen molar-refractivity contribution >= 4 is 17.7 Å². The van der Waals surface area contributed by atoms with Crippen molar-refractivity contribution in [1.82, 2.24) is 4.90 Å². The molecule has 1 saturated heterocycles. The number of thioether (sulfide) groups is 1. The number of aryl methyl sites for hydroxylation is 1. The molecule has 18 heavy (non-hydrogen) atoms. The van der Waals surface area contributed by atoms with E-state index in [1.807, 2.05) is 28.8 Å². The number of hydrogen-bond acceptors (Lipinski definition) is 3. The fraction of sp³-hybridized carbons (Fsp3) is 0.643. The van der Waals surface area contributed by atoms with Gasteiger partial charge in [0.05, 0.1) is 6.26 Å². The van der Waals surface area contributed by atoms with E-state index < -0.39 is 0 Å². The monoisotopic (exact) mass is 267 g/mol. The maximum Gasteiger partial charge on any atom is 0.223 e. The van der Waals surface area contributed by atoms with Gasteiger partial charge in [0, 0.05) is 36.9 Å². The molecule has 2 heterocycles. The maximum absolute atomic E-state index is 12.1. The van der Waals surface area contributed by atoms with E-state index in [1.165, 1.54) is 0 Å². The SMILES string of the molecule is CC(C)C1CN(C(=O)CCc2ccco2)CCS1. The minimum absolute atomic E-state index is 0.261. The quantitative estimate of drug-likeness (QED) is 0.841. The Morgan fingerprint density at radius 1 is 1.61 bits per heavy atom. The molecule has 1 aromatic heterocycles. The summed E-state index contributed by atoms with van der Waals surface area (Å²) in [5.41, 5.74) is 0. The van der Waals surface area contributed by atoms with E-state index >= 15 is 0 Å². The Morgan fingerprint density at radius 2 is 2.44 bits per heavy atom. The van der Waals surface area contributed by atoms with E-state index in [-0.39, 0.29) is 5.91 Å². The van der Waals surface area contributed by atoms with Crippen molar-refractivity contribution in [2.45, 2.75) is 31.9 Å². The summed E-state index contributed by atoms with van der Waals surface area (Å²) in [6.45, 7) is 6.26. The number of nitrogens with zero attached hydrogens (tertiary/aromatic N) is 1. The van der Waals surface area contributed by atoms with E-state index in [1.54, 1.807) is 6.26 Å². The third kappa shape index (κ3) is 3.55. The number of carbonyl (C=O) groups excluding carboxylic acids is 1. The molecule has 0 aliphatic carbocycles. The molecule has 0 bridgehead atoms. The standard InChI is InChI=1S/C14H21NO2S/c1-11(2)13-10-15(7-9-18-13)14(16)6-5-12-4-3-8-17-12/h3-4,8,11,13H,5-7,9-10H2,1-2H3. The van der Waals surface area contributed by atoms with Crippen molar-refractivity contribution in [1.29, 1.82) is 0 Å². The lowest BCUT2D eigenvalue weighted by atomic mass is 10.1. The van der Waals surface area contributed by atoms with Crippen molar-refractivity contribution in [3.8, 4) is 0 Å². The molecule has 1 atom stereocenters. The number of carbonyl (C=O) groups is 1. The van der Waals surface area contributed by atoms with Crippen LogP contribution in [0.25, 0.3) is 0 Å². The average Bonchev–Trinajstić information content (AvgIpc) is 2.89. The molecule has 3 nitrogen and oxygen atoms in total. The number of amides is 1. The first kappa shape index (κ1) is 13.5. The summed E-state index contributed by atoms with van der Waals surface area (Å²) in [6, 6.07) is 3.79. The van der Waals surface area contributed by atoms with E-state index in [0.717, 1.165) is 24.6 Å². The van der Waals surface area contributed by atoms with Crippen molar-refractivity contribution < 1.29 is 9.21 Å². The normalized spacial score (nSPS) is 20.4. The zero-order valence-electron chi connectivity index (χ0n) is 11.1. The predicted octanol–water partition coefficient (Wildman–Crippen LogP) is 2.81. The molecule has 0 N–H and O–H groups in total. The summed E-state index contributed by atoms with van der Waals surface area (Å²) in [4.78, 5) is 14.2. The Labute approximate surface area is 113 Å². The summed E-state index contributed by atoms with van der Waals surface area (Å²) in [7, 11) is 0. The molecule has 1 fully saturated rings. The Hall–Kier alpha value is -0.900. The highest BCUT2D eigenvalue weighted by atomic mass is 32.2.